The minimum Gasteiger partial charge on any atom is -0.352 e. The molecule has 0 saturated heterocycles. The summed E-state index contributed by atoms with van der Waals surface area (Å²) in [5.41, 5.74) is 6.22. The Bertz CT molecular complexity index is 521. The van der Waals surface area contributed by atoms with Gasteiger partial charge in [0.2, 0.25) is 11.7 Å². The Kier molecular flexibility index (Phi) is 2.95. The molecule has 17 heavy (non-hydrogen) atoms. The van der Waals surface area contributed by atoms with Crippen molar-refractivity contribution in [3.8, 4) is 11.5 Å². The van der Waals surface area contributed by atoms with E-state index >= 15 is 0 Å². The molecule has 8 nitrogen and oxygen atoms in total. The fourth-order valence-corrected chi connectivity index (χ4v) is 1.11. The zero-order chi connectivity index (χ0) is 12.3. The Hall–Kier alpha value is -2.51. The van der Waals surface area contributed by atoms with E-state index < -0.39 is 6.03 Å². The predicted molar refractivity (Wildman–Crippen MR) is 56.5 cm³/mol. The van der Waals surface area contributed by atoms with Crippen molar-refractivity contribution < 1.29 is 9.32 Å². The highest BCUT2D eigenvalue weighted by Gasteiger charge is 2.10. The zero-order valence-corrected chi connectivity index (χ0v) is 9.04. The fraction of sp³-hybridized carbons (Fsp3) is 0.222. The molecular weight excluding hydrogens is 224 g/mol. The van der Waals surface area contributed by atoms with Crippen LogP contribution in [0.3, 0.4) is 0 Å². The number of rotatable bonds is 3. The predicted octanol–water partition coefficient (Wildman–Crippen LogP) is 0.00332. The van der Waals surface area contributed by atoms with Gasteiger partial charge in [-0.2, -0.15) is 10.1 Å². The van der Waals surface area contributed by atoms with Crippen molar-refractivity contribution in [3.05, 3.63) is 23.7 Å². The number of nitrogens with two attached hydrogens (primary N) is 1. The largest absolute Gasteiger partial charge is 0.352 e. The molecule has 0 aromatic carbocycles. The summed E-state index contributed by atoms with van der Waals surface area (Å²) in [5.74, 6) is 0.569. The van der Waals surface area contributed by atoms with Crippen molar-refractivity contribution in [2.45, 2.75) is 13.5 Å². The number of nitrogens with one attached hydrogen (secondary N) is 1. The van der Waals surface area contributed by atoms with Crippen LogP contribution in [0.2, 0.25) is 0 Å². The highest BCUT2D eigenvalue weighted by molar-refractivity contribution is 5.71. The van der Waals surface area contributed by atoms with Gasteiger partial charge in [0, 0.05) is 0 Å². The molecule has 2 aromatic rings. The van der Waals surface area contributed by atoms with E-state index in [4.69, 9.17) is 10.3 Å². The number of urea groups is 1. The molecule has 3 N–H and O–H groups in total. The Morgan fingerprint density at radius 2 is 2.29 bits per heavy atom. The minimum absolute atomic E-state index is 0.0849. The Balaban J connectivity index is 2.12. The smallest absolute Gasteiger partial charge is 0.312 e. The van der Waals surface area contributed by atoms with Gasteiger partial charge in [0.15, 0.2) is 0 Å². The van der Waals surface area contributed by atoms with Gasteiger partial charge in [0.05, 0.1) is 12.2 Å². The first-order valence-corrected chi connectivity index (χ1v) is 4.82. The molecule has 0 unspecified atom stereocenters. The van der Waals surface area contributed by atoms with Gasteiger partial charge in [-0.3, -0.25) is 0 Å². The Morgan fingerprint density at radius 1 is 1.47 bits per heavy atom. The monoisotopic (exact) mass is 234 g/mol. The summed E-state index contributed by atoms with van der Waals surface area (Å²) < 4.78 is 4.90. The molecule has 0 fully saturated rings. The lowest BCUT2D eigenvalue weighted by Gasteiger charge is -1.94. The van der Waals surface area contributed by atoms with Crippen LogP contribution in [-0.2, 0) is 6.54 Å². The molecule has 88 valence electrons. The van der Waals surface area contributed by atoms with Crippen LogP contribution >= 0.6 is 0 Å². The first-order chi connectivity index (χ1) is 8.15. The van der Waals surface area contributed by atoms with Crippen molar-refractivity contribution in [3.63, 3.8) is 0 Å². The first-order valence-electron chi connectivity index (χ1n) is 4.82. The van der Waals surface area contributed by atoms with Crippen LogP contribution < -0.4 is 11.1 Å². The lowest BCUT2D eigenvalue weighted by Crippen LogP contribution is -2.28. The SMILES string of the molecule is Cc1ccc(-c2noc(CNC(N)=O)n2)nn1. The van der Waals surface area contributed by atoms with Gasteiger partial charge < -0.3 is 15.6 Å². The summed E-state index contributed by atoms with van der Waals surface area (Å²) in [6.45, 7) is 1.91. The van der Waals surface area contributed by atoms with Crippen LogP contribution in [0.25, 0.3) is 11.5 Å². The number of hydrogen-bond acceptors (Lipinski definition) is 6. The van der Waals surface area contributed by atoms with Crippen molar-refractivity contribution in [1.82, 2.24) is 25.7 Å². The Labute approximate surface area is 96.2 Å². The number of nitrogens with zero attached hydrogens (tertiary/aromatic N) is 4. The molecule has 8 heteroatoms. The maximum absolute atomic E-state index is 10.5. The van der Waals surface area contributed by atoms with Crippen LogP contribution in [0.5, 0.6) is 0 Å². The molecule has 2 amide bonds. The van der Waals surface area contributed by atoms with Crippen LogP contribution in [0.4, 0.5) is 4.79 Å². The topological polar surface area (TPSA) is 120 Å². The maximum Gasteiger partial charge on any atom is 0.312 e. The third-order valence-corrected chi connectivity index (χ3v) is 1.91. The number of aromatic nitrogens is 4. The van der Waals surface area contributed by atoms with Crippen molar-refractivity contribution >= 4 is 6.03 Å². The normalized spacial score (nSPS) is 10.2. The second kappa shape index (κ2) is 4.56. The lowest BCUT2D eigenvalue weighted by molar-refractivity contribution is 0.246. The summed E-state index contributed by atoms with van der Waals surface area (Å²) in [7, 11) is 0. The molecule has 0 atom stereocenters. The van der Waals surface area contributed by atoms with Crippen molar-refractivity contribution in [2.75, 3.05) is 0 Å². The number of amides is 2. The van der Waals surface area contributed by atoms with E-state index in [1.807, 2.05) is 6.92 Å². The molecule has 2 heterocycles. The summed E-state index contributed by atoms with van der Waals surface area (Å²) in [6, 6.07) is 2.87. The summed E-state index contributed by atoms with van der Waals surface area (Å²) in [5, 5.41) is 13.8. The van der Waals surface area contributed by atoms with Gasteiger partial charge in [0.25, 0.3) is 0 Å². The zero-order valence-electron chi connectivity index (χ0n) is 9.04. The molecular formula is C9H10N6O2. The molecule has 0 bridgehead atoms. The van der Waals surface area contributed by atoms with Crippen LogP contribution in [0.1, 0.15) is 11.6 Å². The average Bonchev–Trinajstić information content (AvgIpc) is 2.76. The van der Waals surface area contributed by atoms with E-state index in [0.29, 0.717) is 11.5 Å². The van der Waals surface area contributed by atoms with Gasteiger partial charge in [-0.1, -0.05) is 5.16 Å². The lowest BCUT2D eigenvalue weighted by atomic mass is 10.3. The molecule has 0 aliphatic heterocycles. The van der Waals surface area contributed by atoms with E-state index in [2.05, 4.69) is 25.7 Å². The van der Waals surface area contributed by atoms with Crippen LogP contribution in [0.15, 0.2) is 16.7 Å². The quantitative estimate of drug-likeness (QED) is 0.771. The third-order valence-electron chi connectivity index (χ3n) is 1.91. The summed E-state index contributed by atoms with van der Waals surface area (Å²) in [6.07, 6.45) is 0. The van der Waals surface area contributed by atoms with Gasteiger partial charge >= 0.3 is 6.03 Å². The number of aryl methyl sites for hydroxylation is 1. The first kappa shape index (κ1) is 11.0. The molecule has 0 spiro atoms. The van der Waals surface area contributed by atoms with E-state index in [-0.39, 0.29) is 12.4 Å². The second-order valence-electron chi connectivity index (χ2n) is 3.29. The number of carbonyl (C=O) groups is 1. The van der Waals surface area contributed by atoms with Crippen molar-refractivity contribution in [1.29, 1.82) is 0 Å². The second-order valence-corrected chi connectivity index (χ2v) is 3.29. The molecule has 0 aliphatic rings. The van der Waals surface area contributed by atoms with E-state index in [1.54, 1.807) is 12.1 Å². The maximum atomic E-state index is 10.5. The highest BCUT2D eigenvalue weighted by Crippen LogP contribution is 2.11. The van der Waals surface area contributed by atoms with E-state index in [9.17, 15) is 4.79 Å². The summed E-state index contributed by atoms with van der Waals surface area (Å²) >= 11 is 0. The van der Waals surface area contributed by atoms with Gasteiger partial charge in [-0.05, 0) is 19.1 Å². The number of hydrogen-bond donors (Lipinski definition) is 2. The molecule has 0 aliphatic carbocycles. The molecule has 0 saturated carbocycles. The summed E-state index contributed by atoms with van der Waals surface area (Å²) in [4.78, 5) is 14.5. The van der Waals surface area contributed by atoms with E-state index in [0.717, 1.165) is 5.69 Å². The average molecular weight is 234 g/mol. The fourth-order valence-electron chi connectivity index (χ4n) is 1.11. The molecule has 0 radical (unpaired) electrons. The van der Waals surface area contributed by atoms with Crippen molar-refractivity contribution in [2.24, 2.45) is 5.73 Å². The van der Waals surface area contributed by atoms with Crippen LogP contribution in [-0.4, -0.2) is 26.4 Å². The highest BCUT2D eigenvalue weighted by atomic mass is 16.5. The van der Waals surface area contributed by atoms with Gasteiger partial charge in [-0.25, -0.2) is 4.79 Å². The molecule has 2 rings (SSSR count). The van der Waals surface area contributed by atoms with E-state index in [1.165, 1.54) is 0 Å². The van der Waals surface area contributed by atoms with Crippen LogP contribution in [0, 0.1) is 6.92 Å². The molecule has 2 aromatic heterocycles. The minimum atomic E-state index is -0.653. The third kappa shape index (κ3) is 2.74. The van der Waals surface area contributed by atoms with Gasteiger partial charge in [-0.15, -0.1) is 5.10 Å². The standard InChI is InChI=1S/C9H10N6O2/c1-5-2-3-6(14-13-5)8-12-7(17-15-8)4-11-9(10)16/h2-3H,4H2,1H3,(H3,10,11,16). The van der Waals surface area contributed by atoms with Gasteiger partial charge in [0.1, 0.15) is 5.69 Å². The number of carbonyl (C=O) groups excluding carboxylic acids is 1. The number of primary amides is 1. The Morgan fingerprint density at radius 3 is 2.94 bits per heavy atom.